The maximum absolute atomic E-state index is 13.7. The summed E-state index contributed by atoms with van der Waals surface area (Å²) in [4.78, 5) is 13.9. The van der Waals surface area contributed by atoms with Crippen molar-refractivity contribution in [1.82, 2.24) is 14.9 Å². The van der Waals surface area contributed by atoms with Crippen molar-refractivity contribution in [2.45, 2.75) is 37.1 Å². The normalized spacial score (nSPS) is 21.4. The van der Waals surface area contributed by atoms with Gasteiger partial charge in [0, 0.05) is 19.6 Å². The van der Waals surface area contributed by atoms with Gasteiger partial charge in [0.05, 0.1) is 6.04 Å². The van der Waals surface area contributed by atoms with E-state index in [0.717, 1.165) is 38.4 Å². The van der Waals surface area contributed by atoms with Crippen molar-refractivity contribution in [1.29, 1.82) is 0 Å². The summed E-state index contributed by atoms with van der Waals surface area (Å²) in [6.45, 7) is 4.78. The van der Waals surface area contributed by atoms with Gasteiger partial charge in [-0.05, 0) is 50.3 Å². The van der Waals surface area contributed by atoms with Crippen molar-refractivity contribution in [3.63, 3.8) is 0 Å². The third kappa shape index (κ3) is 3.86. The van der Waals surface area contributed by atoms with Crippen molar-refractivity contribution < 1.29 is 17.6 Å². The molecule has 2 saturated heterocycles. The van der Waals surface area contributed by atoms with Crippen LogP contribution in [-0.4, -0.2) is 51.4 Å². The predicted octanol–water partition coefficient (Wildman–Crippen LogP) is 1.09. The van der Waals surface area contributed by atoms with Crippen LogP contribution < -0.4 is 10.0 Å². The van der Waals surface area contributed by atoms with E-state index in [-0.39, 0.29) is 11.3 Å². The molecule has 8 heteroatoms. The number of carbonyl (C=O) groups is 1. The summed E-state index contributed by atoms with van der Waals surface area (Å²) < 4.78 is 40.7. The Morgan fingerprint density at radius 1 is 1.28 bits per heavy atom. The lowest BCUT2D eigenvalue weighted by atomic mass is 9.78. The molecule has 0 saturated carbocycles. The zero-order chi connectivity index (χ0) is 18.1. The largest absolute Gasteiger partial charge is 0.341 e. The van der Waals surface area contributed by atoms with Crippen LogP contribution >= 0.6 is 0 Å². The van der Waals surface area contributed by atoms with Crippen molar-refractivity contribution in [2.75, 3.05) is 26.2 Å². The molecule has 2 aliphatic heterocycles. The second kappa shape index (κ2) is 7.01. The van der Waals surface area contributed by atoms with E-state index in [4.69, 9.17) is 0 Å². The third-order valence-corrected chi connectivity index (χ3v) is 6.87. The number of nitrogens with one attached hydrogen (secondary N) is 2. The molecule has 1 aromatic carbocycles. The average Bonchev–Trinajstić information content (AvgIpc) is 3.03. The highest BCUT2D eigenvalue weighted by Gasteiger charge is 2.39. The van der Waals surface area contributed by atoms with Crippen LogP contribution in [0.2, 0.25) is 0 Å². The van der Waals surface area contributed by atoms with E-state index >= 15 is 0 Å². The van der Waals surface area contributed by atoms with Gasteiger partial charge in [-0.25, -0.2) is 12.8 Å². The molecule has 1 aromatic rings. The smallest absolute Gasteiger partial charge is 0.244 e. The Balaban J connectivity index is 1.62. The molecule has 0 bridgehead atoms. The minimum absolute atomic E-state index is 0.263. The lowest BCUT2D eigenvalue weighted by molar-refractivity contribution is -0.134. The molecule has 2 heterocycles. The van der Waals surface area contributed by atoms with Gasteiger partial charge >= 0.3 is 0 Å². The van der Waals surface area contributed by atoms with Gasteiger partial charge in [0.2, 0.25) is 15.9 Å². The van der Waals surface area contributed by atoms with Crippen LogP contribution in [0.1, 0.15) is 26.2 Å². The molecule has 1 unspecified atom stereocenters. The van der Waals surface area contributed by atoms with Crippen molar-refractivity contribution in [2.24, 2.45) is 5.41 Å². The van der Waals surface area contributed by atoms with E-state index in [1.54, 1.807) is 4.90 Å². The Labute approximate surface area is 147 Å². The Morgan fingerprint density at radius 3 is 2.56 bits per heavy atom. The van der Waals surface area contributed by atoms with Gasteiger partial charge in [-0.1, -0.05) is 12.1 Å². The summed E-state index contributed by atoms with van der Waals surface area (Å²) in [5.41, 5.74) is 0.284. The first kappa shape index (κ1) is 18.3. The number of likely N-dealkylation sites (tertiary alicyclic amines) is 1. The maximum atomic E-state index is 13.7. The molecular weight excluding hydrogens is 345 g/mol. The van der Waals surface area contributed by atoms with Gasteiger partial charge in [-0.15, -0.1) is 0 Å². The molecular formula is C17H24FN3O3S. The lowest BCUT2D eigenvalue weighted by Crippen LogP contribution is -2.51. The van der Waals surface area contributed by atoms with E-state index in [2.05, 4.69) is 10.0 Å². The van der Waals surface area contributed by atoms with Crippen LogP contribution in [0.5, 0.6) is 0 Å². The topological polar surface area (TPSA) is 78.5 Å². The Bertz CT molecular complexity index is 737. The minimum Gasteiger partial charge on any atom is -0.341 e. The predicted molar refractivity (Wildman–Crippen MR) is 91.9 cm³/mol. The number of piperidine rings is 1. The Kier molecular flexibility index (Phi) is 5.13. The fourth-order valence-electron chi connectivity index (χ4n) is 3.71. The molecule has 6 nitrogen and oxygen atoms in total. The van der Waals surface area contributed by atoms with Gasteiger partial charge in [0.15, 0.2) is 0 Å². The van der Waals surface area contributed by atoms with Gasteiger partial charge in [0.25, 0.3) is 0 Å². The van der Waals surface area contributed by atoms with E-state index in [9.17, 15) is 17.6 Å². The summed E-state index contributed by atoms with van der Waals surface area (Å²) in [6, 6.07) is 4.21. The third-order valence-electron chi connectivity index (χ3n) is 5.30. The highest BCUT2D eigenvalue weighted by molar-refractivity contribution is 7.89. The van der Waals surface area contributed by atoms with Crippen LogP contribution in [0.15, 0.2) is 29.2 Å². The van der Waals surface area contributed by atoms with Gasteiger partial charge in [0.1, 0.15) is 10.7 Å². The summed E-state index contributed by atoms with van der Waals surface area (Å²) in [5, 5.41) is 3.37. The monoisotopic (exact) mass is 369 g/mol. The zero-order valence-corrected chi connectivity index (χ0v) is 15.1. The molecule has 3 rings (SSSR count). The summed E-state index contributed by atoms with van der Waals surface area (Å²) >= 11 is 0. The van der Waals surface area contributed by atoms with Crippen LogP contribution in [0, 0.1) is 11.2 Å². The molecule has 2 aliphatic rings. The number of carbonyl (C=O) groups excluding carboxylic acids is 1. The molecule has 0 aromatic heterocycles. The first-order chi connectivity index (χ1) is 11.8. The second-order valence-corrected chi connectivity index (χ2v) is 8.71. The number of hydrogen-bond acceptors (Lipinski definition) is 4. The van der Waals surface area contributed by atoms with E-state index in [0.29, 0.717) is 13.1 Å². The number of hydrogen-bond donors (Lipinski definition) is 2. The molecule has 1 atom stereocenters. The fraction of sp³-hybridized carbons (Fsp3) is 0.588. The fourth-order valence-corrected chi connectivity index (χ4v) is 4.98. The molecule has 0 radical (unpaired) electrons. The molecule has 1 spiro atoms. The van der Waals surface area contributed by atoms with Gasteiger partial charge in [-0.3, -0.25) is 4.79 Å². The zero-order valence-electron chi connectivity index (χ0n) is 14.3. The SMILES string of the molecule is CC(NS(=O)(=O)c1ccccc1F)C(=O)N1CCC2(CCNC2)CC1. The second-order valence-electron chi connectivity index (χ2n) is 7.03. The first-order valence-corrected chi connectivity index (χ1v) is 10.1. The Morgan fingerprint density at radius 2 is 1.96 bits per heavy atom. The lowest BCUT2D eigenvalue weighted by Gasteiger charge is -2.39. The van der Waals surface area contributed by atoms with Crippen LogP contribution in [0.3, 0.4) is 0 Å². The van der Waals surface area contributed by atoms with Crippen molar-refractivity contribution in [3.05, 3.63) is 30.1 Å². The number of nitrogens with zero attached hydrogens (tertiary/aromatic N) is 1. The summed E-state index contributed by atoms with van der Waals surface area (Å²) in [5.74, 6) is -1.09. The van der Waals surface area contributed by atoms with E-state index in [1.807, 2.05) is 0 Å². The molecule has 2 fully saturated rings. The van der Waals surface area contributed by atoms with Crippen molar-refractivity contribution in [3.8, 4) is 0 Å². The number of sulfonamides is 1. The summed E-state index contributed by atoms with van der Waals surface area (Å²) in [6.07, 6.45) is 2.99. The molecule has 25 heavy (non-hydrogen) atoms. The van der Waals surface area contributed by atoms with Gasteiger partial charge in [-0.2, -0.15) is 4.72 Å². The molecule has 138 valence electrons. The van der Waals surface area contributed by atoms with Gasteiger partial charge < -0.3 is 10.2 Å². The summed E-state index contributed by atoms with van der Waals surface area (Å²) in [7, 11) is -4.08. The quantitative estimate of drug-likeness (QED) is 0.833. The maximum Gasteiger partial charge on any atom is 0.244 e. The minimum atomic E-state index is -4.08. The Hall–Kier alpha value is -1.51. The average molecular weight is 369 g/mol. The highest BCUT2D eigenvalue weighted by atomic mass is 32.2. The van der Waals surface area contributed by atoms with Crippen LogP contribution in [0.25, 0.3) is 0 Å². The first-order valence-electron chi connectivity index (χ1n) is 8.59. The molecule has 1 amide bonds. The van der Waals surface area contributed by atoms with E-state index in [1.165, 1.54) is 25.1 Å². The number of amides is 1. The molecule has 2 N–H and O–H groups in total. The van der Waals surface area contributed by atoms with Crippen LogP contribution in [0.4, 0.5) is 4.39 Å². The van der Waals surface area contributed by atoms with Crippen molar-refractivity contribution >= 4 is 15.9 Å². The number of rotatable bonds is 4. The standard InChI is InChI=1S/C17H24FN3O3S/c1-13(20-25(23,24)15-5-3-2-4-14(15)18)16(22)21-10-7-17(8-11-21)6-9-19-12-17/h2-5,13,19-20H,6-12H2,1H3. The number of benzene rings is 1. The van der Waals surface area contributed by atoms with Crippen LogP contribution in [-0.2, 0) is 14.8 Å². The number of halogens is 1. The highest BCUT2D eigenvalue weighted by Crippen LogP contribution is 2.37. The molecule has 0 aliphatic carbocycles. The van der Waals surface area contributed by atoms with E-state index < -0.39 is 26.8 Å².